The van der Waals surface area contributed by atoms with Gasteiger partial charge in [-0.15, -0.1) is 0 Å². The summed E-state index contributed by atoms with van der Waals surface area (Å²) >= 11 is -0.0594. The first-order valence-electron chi connectivity index (χ1n) is 11.1. The number of ether oxygens (including phenoxy) is 1. The predicted molar refractivity (Wildman–Crippen MR) is 132 cm³/mol. The van der Waals surface area contributed by atoms with E-state index in [2.05, 4.69) is 98.8 Å². The van der Waals surface area contributed by atoms with Gasteiger partial charge in [-0.2, -0.15) is 0 Å². The first kappa shape index (κ1) is 21.2. The van der Waals surface area contributed by atoms with E-state index in [0.717, 1.165) is 12.8 Å². The average Bonchev–Trinajstić information content (AvgIpc) is 3.21. The number of carbonyl (C=O) groups is 1. The Morgan fingerprint density at radius 2 is 1.25 bits per heavy atom. The Kier molecular flexibility index (Phi) is 5.15. The van der Waals surface area contributed by atoms with E-state index < -0.39 is 4.31 Å². The van der Waals surface area contributed by atoms with Crippen LogP contribution in [0.2, 0.25) is 4.31 Å². The van der Waals surface area contributed by atoms with Gasteiger partial charge in [-0.25, -0.2) is 0 Å². The van der Waals surface area contributed by atoms with Gasteiger partial charge in [0.05, 0.1) is 0 Å². The van der Waals surface area contributed by atoms with Crippen molar-refractivity contribution >= 4 is 36.5 Å². The van der Waals surface area contributed by atoms with Crippen LogP contribution in [-0.2, 0) is 9.53 Å². The van der Waals surface area contributed by atoms with Gasteiger partial charge in [0.25, 0.3) is 0 Å². The standard InChI is InChI=1S/C29H28O2Se/c1-27-19-28(2,29(20-27,26(30)31-3)32-23-17-11-6-12-18-23)25(22-15-9-5-10-16-22)24(27)21-13-7-4-8-14-21/h4-18H,19-20H2,1-3H3/t27?,28?,29-/m1/s1. The molecule has 3 aromatic rings. The fourth-order valence-electron chi connectivity index (χ4n) is 6.28. The Morgan fingerprint density at radius 3 is 1.78 bits per heavy atom. The normalized spacial score (nSPS) is 28.7. The summed E-state index contributed by atoms with van der Waals surface area (Å²) in [7, 11) is 1.55. The first-order chi connectivity index (χ1) is 15.4. The summed E-state index contributed by atoms with van der Waals surface area (Å²) in [5, 5.41) is 0. The molecule has 3 atom stereocenters. The van der Waals surface area contributed by atoms with Gasteiger partial charge in [-0.3, -0.25) is 0 Å². The summed E-state index contributed by atoms with van der Waals surface area (Å²) in [5.41, 5.74) is 4.80. The maximum absolute atomic E-state index is 13.7. The van der Waals surface area contributed by atoms with Gasteiger partial charge in [0.2, 0.25) is 0 Å². The number of carbonyl (C=O) groups excluding carboxylic acids is 1. The molecule has 0 saturated heterocycles. The van der Waals surface area contributed by atoms with Crippen molar-refractivity contribution in [1.82, 2.24) is 0 Å². The van der Waals surface area contributed by atoms with E-state index in [1.54, 1.807) is 7.11 Å². The van der Waals surface area contributed by atoms with Crippen molar-refractivity contribution in [3.05, 3.63) is 102 Å². The molecule has 2 unspecified atom stereocenters. The van der Waals surface area contributed by atoms with Crippen molar-refractivity contribution in [2.24, 2.45) is 10.8 Å². The van der Waals surface area contributed by atoms with E-state index in [4.69, 9.17) is 4.74 Å². The summed E-state index contributed by atoms with van der Waals surface area (Å²) in [6, 6.07) is 31.9. The van der Waals surface area contributed by atoms with Crippen LogP contribution in [0, 0.1) is 10.8 Å². The van der Waals surface area contributed by atoms with Crippen LogP contribution in [-0.4, -0.2) is 28.0 Å². The van der Waals surface area contributed by atoms with Crippen LogP contribution in [0.1, 0.15) is 37.8 Å². The monoisotopic (exact) mass is 488 g/mol. The minimum atomic E-state index is -0.547. The van der Waals surface area contributed by atoms with Crippen molar-refractivity contribution in [3.8, 4) is 0 Å². The summed E-state index contributed by atoms with van der Waals surface area (Å²) in [6.07, 6.45) is 1.77. The van der Waals surface area contributed by atoms with Crippen molar-refractivity contribution in [1.29, 1.82) is 0 Å². The van der Waals surface area contributed by atoms with Gasteiger partial charge in [-0.1, -0.05) is 0 Å². The Hall–Kier alpha value is -2.61. The van der Waals surface area contributed by atoms with Gasteiger partial charge in [0.1, 0.15) is 0 Å². The molecule has 2 aliphatic rings. The van der Waals surface area contributed by atoms with Gasteiger partial charge in [-0.05, 0) is 0 Å². The van der Waals surface area contributed by atoms with Gasteiger partial charge < -0.3 is 0 Å². The van der Waals surface area contributed by atoms with Crippen LogP contribution in [0.4, 0.5) is 0 Å². The molecule has 0 N–H and O–H groups in total. The molecule has 0 aliphatic heterocycles. The Balaban J connectivity index is 1.78. The molecule has 2 nitrogen and oxygen atoms in total. The summed E-state index contributed by atoms with van der Waals surface area (Å²) in [6.45, 7) is 4.67. The molecule has 0 heterocycles. The van der Waals surface area contributed by atoms with E-state index >= 15 is 0 Å². The maximum atomic E-state index is 13.7. The third-order valence-electron chi connectivity index (χ3n) is 7.35. The Morgan fingerprint density at radius 1 is 0.750 bits per heavy atom. The van der Waals surface area contributed by atoms with E-state index in [-0.39, 0.29) is 31.8 Å². The summed E-state index contributed by atoms with van der Waals surface area (Å²) < 4.78 is 6.25. The zero-order valence-electron chi connectivity index (χ0n) is 18.8. The molecule has 0 aromatic heterocycles. The second-order valence-electron chi connectivity index (χ2n) is 9.46. The van der Waals surface area contributed by atoms with Crippen LogP contribution in [0.15, 0.2) is 91.0 Å². The van der Waals surface area contributed by atoms with Crippen LogP contribution < -0.4 is 4.46 Å². The quantitative estimate of drug-likeness (QED) is 0.337. The molecular weight excluding hydrogens is 459 g/mol. The molecule has 5 rings (SSSR count). The zero-order chi connectivity index (χ0) is 22.4. The number of hydrogen-bond donors (Lipinski definition) is 0. The molecule has 162 valence electrons. The molecule has 2 bridgehead atoms. The molecule has 0 radical (unpaired) electrons. The minimum absolute atomic E-state index is 0.0594. The first-order valence-corrected chi connectivity index (χ1v) is 12.8. The van der Waals surface area contributed by atoms with E-state index in [0.29, 0.717) is 0 Å². The van der Waals surface area contributed by atoms with Gasteiger partial charge >= 0.3 is 197 Å². The summed E-state index contributed by atoms with van der Waals surface area (Å²) in [4.78, 5) is 13.7. The van der Waals surface area contributed by atoms with Crippen LogP contribution in [0.25, 0.3) is 11.1 Å². The number of fused-ring (bicyclic) bond motifs is 2. The molecule has 3 heteroatoms. The third-order valence-corrected chi connectivity index (χ3v) is 10.7. The van der Waals surface area contributed by atoms with Crippen molar-refractivity contribution in [2.75, 3.05) is 7.11 Å². The molecule has 2 aliphatic carbocycles. The number of hydrogen-bond acceptors (Lipinski definition) is 2. The number of rotatable bonds is 5. The second kappa shape index (κ2) is 7.76. The molecule has 32 heavy (non-hydrogen) atoms. The molecule has 1 fully saturated rings. The number of allylic oxidation sites excluding steroid dienone is 2. The van der Waals surface area contributed by atoms with Crippen molar-refractivity contribution < 1.29 is 9.53 Å². The number of esters is 1. The fraction of sp³-hybridized carbons (Fsp3) is 0.276. The average molecular weight is 488 g/mol. The molecular formula is C29H28O2Se. The van der Waals surface area contributed by atoms with Crippen molar-refractivity contribution in [3.63, 3.8) is 0 Å². The third kappa shape index (κ3) is 3.03. The fourth-order valence-corrected chi connectivity index (χ4v) is 9.75. The molecule has 0 spiro atoms. The molecule has 0 amide bonds. The van der Waals surface area contributed by atoms with Crippen molar-refractivity contribution in [2.45, 2.75) is 31.0 Å². The van der Waals surface area contributed by atoms with Crippen LogP contribution in [0.5, 0.6) is 0 Å². The molecule has 3 aromatic carbocycles. The van der Waals surface area contributed by atoms with E-state index in [1.807, 2.05) is 6.07 Å². The van der Waals surface area contributed by atoms with Gasteiger partial charge in [0, 0.05) is 0 Å². The zero-order valence-corrected chi connectivity index (χ0v) is 20.5. The Labute approximate surface area is 196 Å². The summed E-state index contributed by atoms with van der Waals surface area (Å²) in [5.74, 6) is -0.0619. The van der Waals surface area contributed by atoms with Crippen LogP contribution >= 0.6 is 0 Å². The topological polar surface area (TPSA) is 26.3 Å². The Bertz CT molecular complexity index is 1170. The van der Waals surface area contributed by atoms with E-state index in [1.165, 1.54) is 26.7 Å². The molecule has 1 saturated carbocycles. The number of benzene rings is 3. The SMILES string of the molecule is COC(=O)[C@]1([Se]c2ccccc2)CC2(C)CC1(C)C(c1ccccc1)=C2c1ccccc1. The second-order valence-corrected chi connectivity index (χ2v) is 12.3. The number of methoxy groups -OCH3 is 1. The van der Waals surface area contributed by atoms with E-state index in [9.17, 15) is 4.79 Å². The van der Waals surface area contributed by atoms with Crippen LogP contribution in [0.3, 0.4) is 0 Å². The van der Waals surface area contributed by atoms with Gasteiger partial charge in [0.15, 0.2) is 0 Å². The predicted octanol–water partition coefficient (Wildman–Crippen LogP) is 5.78.